The number of hydrogen-bond acceptors (Lipinski definition) is 2. The molecule has 0 aliphatic rings. The second kappa shape index (κ2) is 9.42. The van der Waals surface area contributed by atoms with Crippen LogP contribution in [-0.2, 0) is 9.53 Å². The first-order valence-corrected chi connectivity index (χ1v) is 6.53. The van der Waals surface area contributed by atoms with E-state index in [1.54, 1.807) is 6.08 Å². The van der Waals surface area contributed by atoms with Crippen molar-refractivity contribution in [3.8, 4) is 0 Å². The summed E-state index contributed by atoms with van der Waals surface area (Å²) >= 11 is 0. The van der Waals surface area contributed by atoms with Crippen LogP contribution in [0, 0.1) is 0 Å². The average molecular weight is 287 g/mol. The van der Waals surface area contributed by atoms with E-state index in [9.17, 15) is 13.6 Å². The highest BCUT2D eigenvalue weighted by atomic mass is 19.3. The number of allylic oxidation sites excluding steroid dienone is 2. The van der Waals surface area contributed by atoms with Crippen molar-refractivity contribution in [2.45, 2.75) is 39.7 Å². The van der Waals surface area contributed by atoms with E-state index in [4.69, 9.17) is 0 Å². The fourth-order valence-electron chi connectivity index (χ4n) is 1.35. The summed E-state index contributed by atoms with van der Waals surface area (Å²) < 4.78 is 29.7. The zero-order chi connectivity index (χ0) is 15.6. The molecular weight excluding hydrogens is 264 g/mol. The zero-order valence-corrected chi connectivity index (χ0v) is 12.3. The minimum atomic E-state index is -3.13. The highest BCUT2D eigenvalue weighted by Crippen LogP contribution is 2.15. The number of ether oxygens (including phenoxy) is 1. The van der Waals surface area contributed by atoms with Crippen LogP contribution < -0.4 is 5.32 Å². The molecule has 0 aromatic carbocycles. The molecule has 0 saturated carbocycles. The fourth-order valence-corrected chi connectivity index (χ4v) is 1.35. The van der Waals surface area contributed by atoms with Crippen molar-refractivity contribution in [2.75, 3.05) is 13.2 Å². The highest BCUT2D eigenvalue weighted by Gasteiger charge is 2.21. The fraction of sp³-hybridized carbons (Fsp3) is 0.533. The van der Waals surface area contributed by atoms with Crippen LogP contribution in [0.3, 0.4) is 0 Å². The van der Waals surface area contributed by atoms with E-state index in [-0.39, 0.29) is 12.5 Å². The zero-order valence-electron chi connectivity index (χ0n) is 12.3. The summed E-state index contributed by atoms with van der Waals surface area (Å²) in [6.45, 7) is 8.18. The summed E-state index contributed by atoms with van der Waals surface area (Å²) in [6.07, 6.45) is 3.58. The van der Waals surface area contributed by atoms with E-state index >= 15 is 0 Å². The van der Waals surface area contributed by atoms with Gasteiger partial charge >= 0.3 is 6.11 Å². The first-order valence-electron chi connectivity index (χ1n) is 6.53. The third-order valence-electron chi connectivity index (χ3n) is 2.28. The molecular formula is C15H23F2NO2. The molecule has 0 aliphatic heterocycles. The van der Waals surface area contributed by atoms with Crippen LogP contribution in [0.1, 0.15) is 33.6 Å². The summed E-state index contributed by atoms with van der Waals surface area (Å²) in [5, 5.41) is 2.64. The first kappa shape index (κ1) is 18.5. The van der Waals surface area contributed by atoms with Gasteiger partial charge in [-0.1, -0.05) is 37.3 Å². The molecule has 0 radical (unpaired) electrons. The summed E-state index contributed by atoms with van der Waals surface area (Å²) in [6, 6.07) is 0. The summed E-state index contributed by atoms with van der Waals surface area (Å²) in [7, 11) is 0. The van der Waals surface area contributed by atoms with Gasteiger partial charge in [0.15, 0.2) is 0 Å². The van der Waals surface area contributed by atoms with E-state index in [0.29, 0.717) is 18.5 Å². The van der Waals surface area contributed by atoms with Crippen molar-refractivity contribution >= 4 is 5.91 Å². The maximum absolute atomic E-state index is 12.6. The van der Waals surface area contributed by atoms with Gasteiger partial charge in [-0.15, -0.1) is 0 Å². The quantitative estimate of drug-likeness (QED) is 0.520. The highest BCUT2D eigenvalue weighted by molar-refractivity contribution is 5.73. The molecule has 0 saturated heterocycles. The van der Waals surface area contributed by atoms with Gasteiger partial charge in [0.25, 0.3) is 0 Å². The molecule has 1 amide bonds. The minimum Gasteiger partial charge on any atom is -0.353 e. The molecule has 0 spiro atoms. The molecule has 5 heteroatoms. The smallest absolute Gasteiger partial charge is 0.353 e. The Morgan fingerprint density at radius 3 is 2.60 bits per heavy atom. The van der Waals surface area contributed by atoms with Crippen LogP contribution in [0.2, 0.25) is 0 Å². The van der Waals surface area contributed by atoms with Crippen LogP contribution in [-0.4, -0.2) is 25.2 Å². The maximum Gasteiger partial charge on any atom is 0.353 e. The molecule has 3 nitrogen and oxygen atoms in total. The summed E-state index contributed by atoms with van der Waals surface area (Å²) in [5.41, 5.74) is 1.54. The molecule has 0 heterocycles. The topological polar surface area (TPSA) is 38.3 Å². The van der Waals surface area contributed by atoms with E-state index in [2.05, 4.69) is 16.6 Å². The maximum atomic E-state index is 12.6. The second-order valence-electron chi connectivity index (χ2n) is 4.55. The number of carbonyl (C=O) groups excluding carboxylic acids is 1. The number of rotatable bonds is 9. The Morgan fingerprint density at radius 1 is 1.45 bits per heavy atom. The van der Waals surface area contributed by atoms with Gasteiger partial charge in [-0.05, 0) is 18.4 Å². The summed E-state index contributed by atoms with van der Waals surface area (Å²) in [4.78, 5) is 10.7. The van der Waals surface area contributed by atoms with Crippen molar-refractivity contribution in [3.63, 3.8) is 0 Å². The van der Waals surface area contributed by atoms with Gasteiger partial charge in [-0.3, -0.25) is 4.79 Å². The molecule has 114 valence electrons. The lowest BCUT2D eigenvalue weighted by atomic mass is 10.1. The normalized spacial score (nSPS) is 12.8. The Hall–Kier alpha value is -1.49. The third kappa shape index (κ3) is 11.6. The van der Waals surface area contributed by atoms with E-state index < -0.39 is 6.11 Å². The monoisotopic (exact) mass is 287 g/mol. The Bertz CT molecular complexity index is 382. The van der Waals surface area contributed by atoms with Gasteiger partial charge in [0.2, 0.25) is 5.91 Å². The first-order chi connectivity index (χ1) is 9.24. The van der Waals surface area contributed by atoms with Crippen molar-refractivity contribution in [1.82, 2.24) is 5.32 Å². The van der Waals surface area contributed by atoms with Crippen molar-refractivity contribution < 1.29 is 18.3 Å². The van der Waals surface area contributed by atoms with Crippen molar-refractivity contribution in [3.05, 3.63) is 36.0 Å². The lowest BCUT2D eigenvalue weighted by Crippen LogP contribution is -2.21. The largest absolute Gasteiger partial charge is 0.353 e. The number of nitrogens with one attached hydrogen (secondary N) is 1. The van der Waals surface area contributed by atoms with Crippen LogP contribution in [0.4, 0.5) is 8.78 Å². The van der Waals surface area contributed by atoms with Crippen LogP contribution in [0.25, 0.3) is 0 Å². The minimum absolute atomic E-state index is 0.111. The van der Waals surface area contributed by atoms with E-state index in [0.717, 1.165) is 18.9 Å². The van der Waals surface area contributed by atoms with Crippen molar-refractivity contribution in [2.24, 2.45) is 0 Å². The average Bonchev–Trinajstić information content (AvgIpc) is 2.32. The molecule has 0 aliphatic carbocycles. The van der Waals surface area contributed by atoms with Gasteiger partial charge in [-0.2, -0.15) is 8.78 Å². The Kier molecular flexibility index (Phi) is 8.72. The third-order valence-corrected chi connectivity index (χ3v) is 2.28. The van der Waals surface area contributed by atoms with E-state index in [1.807, 2.05) is 19.1 Å². The van der Waals surface area contributed by atoms with Crippen LogP contribution in [0.5, 0.6) is 0 Å². The van der Waals surface area contributed by atoms with E-state index in [1.165, 1.54) is 6.92 Å². The van der Waals surface area contributed by atoms with Gasteiger partial charge < -0.3 is 10.1 Å². The lowest BCUT2D eigenvalue weighted by Gasteiger charge is -2.11. The molecule has 0 fully saturated rings. The number of hydrogen-bond donors (Lipinski definition) is 1. The van der Waals surface area contributed by atoms with Crippen LogP contribution in [0.15, 0.2) is 36.0 Å². The second-order valence-corrected chi connectivity index (χ2v) is 4.55. The van der Waals surface area contributed by atoms with Gasteiger partial charge in [0, 0.05) is 20.4 Å². The summed E-state index contributed by atoms with van der Waals surface area (Å²) in [5.74, 6) is -0.111. The Balaban J connectivity index is 4.25. The molecule has 0 atom stereocenters. The van der Waals surface area contributed by atoms with Crippen molar-refractivity contribution in [1.29, 1.82) is 0 Å². The number of alkyl halides is 2. The Labute approximate surface area is 119 Å². The molecule has 1 N–H and O–H groups in total. The molecule has 0 unspecified atom stereocenters. The number of halogens is 2. The lowest BCUT2D eigenvalue weighted by molar-refractivity contribution is -0.218. The SMILES string of the molecule is C=C(C/C=C/C(=C\CC)COC(C)(F)F)CNC(C)=O. The predicted molar refractivity (Wildman–Crippen MR) is 76.5 cm³/mol. The van der Waals surface area contributed by atoms with Gasteiger partial charge in [0.1, 0.15) is 0 Å². The molecule has 0 aromatic rings. The number of amides is 1. The van der Waals surface area contributed by atoms with Crippen LogP contribution >= 0.6 is 0 Å². The predicted octanol–water partition coefficient (Wildman–Crippen LogP) is 3.59. The molecule has 0 rings (SSSR count). The molecule has 0 bridgehead atoms. The Morgan fingerprint density at radius 2 is 2.10 bits per heavy atom. The van der Waals surface area contributed by atoms with Gasteiger partial charge in [-0.25, -0.2) is 0 Å². The number of carbonyl (C=O) groups is 1. The molecule has 20 heavy (non-hydrogen) atoms. The standard InChI is InChI=1S/C15H23F2NO2/c1-5-7-14(11-20-15(4,16)17)9-6-8-12(2)10-18-13(3)19/h6-7,9H,2,5,8,10-11H2,1,3-4H3,(H,18,19)/b9-6+,14-7+. The van der Waals surface area contributed by atoms with Gasteiger partial charge in [0.05, 0.1) is 6.61 Å². The molecule has 0 aromatic heterocycles.